The van der Waals surface area contributed by atoms with Crippen molar-refractivity contribution in [2.75, 3.05) is 26.2 Å². The van der Waals surface area contributed by atoms with Crippen LogP contribution in [-0.2, 0) is 0 Å². The van der Waals surface area contributed by atoms with Crippen molar-refractivity contribution in [3.63, 3.8) is 0 Å². The molecule has 1 aliphatic carbocycles. The molecule has 98 valence electrons. The van der Waals surface area contributed by atoms with Gasteiger partial charge in [0, 0.05) is 12.6 Å². The molecule has 0 spiro atoms. The number of piperidine rings is 1. The van der Waals surface area contributed by atoms with Gasteiger partial charge in [0.25, 0.3) is 0 Å². The molecule has 2 atom stereocenters. The largest absolute Gasteiger partial charge is 0.314 e. The lowest BCUT2D eigenvalue weighted by atomic mass is 10.0. The highest BCUT2D eigenvalue weighted by atomic mass is 15.1. The average molecular weight is 236 g/mol. The van der Waals surface area contributed by atoms with E-state index in [-0.39, 0.29) is 0 Å². The molecule has 2 aliphatic rings. The standard InChI is InChI=1S/C15H28N2/c1-12(2)4-7-17-8-5-15(6-9-17)16-11-14-10-13(14)3/h4,13-16H,5-11H2,1-3H3. The molecular weight excluding hydrogens is 208 g/mol. The minimum Gasteiger partial charge on any atom is -0.314 e. The van der Waals surface area contributed by atoms with Crippen LogP contribution in [0, 0.1) is 11.8 Å². The molecule has 1 saturated carbocycles. The maximum absolute atomic E-state index is 3.76. The van der Waals surface area contributed by atoms with Crippen molar-refractivity contribution in [3.8, 4) is 0 Å². The topological polar surface area (TPSA) is 15.3 Å². The van der Waals surface area contributed by atoms with Crippen molar-refractivity contribution in [2.45, 2.75) is 46.1 Å². The molecule has 0 aromatic heterocycles. The van der Waals surface area contributed by atoms with E-state index in [0.717, 1.165) is 24.4 Å². The molecule has 0 amide bonds. The third-order valence-corrected chi connectivity index (χ3v) is 4.29. The van der Waals surface area contributed by atoms with Gasteiger partial charge in [-0.15, -0.1) is 0 Å². The Kier molecular flexibility index (Phi) is 4.63. The Hall–Kier alpha value is -0.340. The first-order valence-electron chi connectivity index (χ1n) is 7.24. The molecule has 0 bridgehead atoms. The Bertz CT molecular complexity index is 260. The van der Waals surface area contributed by atoms with Gasteiger partial charge < -0.3 is 5.32 Å². The van der Waals surface area contributed by atoms with Gasteiger partial charge in [0.05, 0.1) is 0 Å². The molecule has 17 heavy (non-hydrogen) atoms. The van der Waals surface area contributed by atoms with Crippen LogP contribution < -0.4 is 5.32 Å². The lowest BCUT2D eigenvalue weighted by Crippen LogP contribution is -2.43. The maximum atomic E-state index is 3.76. The van der Waals surface area contributed by atoms with Crippen LogP contribution in [0.2, 0.25) is 0 Å². The predicted octanol–water partition coefficient (Wildman–Crippen LogP) is 2.66. The Balaban J connectivity index is 1.59. The number of hydrogen-bond acceptors (Lipinski definition) is 2. The van der Waals surface area contributed by atoms with Crippen LogP contribution in [0.1, 0.15) is 40.0 Å². The lowest BCUT2D eigenvalue weighted by Gasteiger charge is -2.32. The van der Waals surface area contributed by atoms with Gasteiger partial charge in [-0.25, -0.2) is 0 Å². The number of likely N-dealkylation sites (tertiary alicyclic amines) is 1. The zero-order chi connectivity index (χ0) is 12.3. The van der Waals surface area contributed by atoms with E-state index in [1.54, 1.807) is 0 Å². The van der Waals surface area contributed by atoms with Gasteiger partial charge in [-0.2, -0.15) is 0 Å². The van der Waals surface area contributed by atoms with Crippen LogP contribution in [-0.4, -0.2) is 37.1 Å². The van der Waals surface area contributed by atoms with Gasteiger partial charge in [0.2, 0.25) is 0 Å². The zero-order valence-electron chi connectivity index (χ0n) is 11.7. The van der Waals surface area contributed by atoms with E-state index in [9.17, 15) is 0 Å². The minimum absolute atomic E-state index is 0.783. The number of nitrogens with zero attached hydrogens (tertiary/aromatic N) is 1. The third kappa shape index (κ3) is 4.44. The van der Waals surface area contributed by atoms with Gasteiger partial charge in [-0.05, 0) is 64.6 Å². The molecule has 1 heterocycles. The highest BCUT2D eigenvalue weighted by molar-refractivity contribution is 4.96. The van der Waals surface area contributed by atoms with Crippen molar-refractivity contribution in [3.05, 3.63) is 11.6 Å². The van der Waals surface area contributed by atoms with Gasteiger partial charge in [0.1, 0.15) is 0 Å². The fourth-order valence-corrected chi connectivity index (χ4v) is 2.63. The Morgan fingerprint density at radius 2 is 1.94 bits per heavy atom. The summed E-state index contributed by atoms with van der Waals surface area (Å²) in [6.45, 7) is 11.7. The molecule has 2 heteroatoms. The molecule has 2 rings (SSSR count). The highest BCUT2D eigenvalue weighted by Gasteiger charge is 2.32. The number of rotatable bonds is 5. The fraction of sp³-hybridized carbons (Fsp3) is 0.867. The first kappa shape index (κ1) is 13.1. The number of hydrogen-bond donors (Lipinski definition) is 1. The Labute approximate surface area is 106 Å². The molecular formula is C15H28N2. The van der Waals surface area contributed by atoms with E-state index in [0.29, 0.717) is 0 Å². The van der Waals surface area contributed by atoms with E-state index in [1.165, 1.54) is 44.5 Å². The van der Waals surface area contributed by atoms with E-state index in [1.807, 2.05) is 0 Å². The Morgan fingerprint density at radius 1 is 1.29 bits per heavy atom. The van der Waals surface area contributed by atoms with Crippen molar-refractivity contribution in [2.24, 2.45) is 11.8 Å². The molecule has 0 aromatic carbocycles. The minimum atomic E-state index is 0.783. The molecule has 1 saturated heterocycles. The SMILES string of the molecule is CC(C)=CCN1CCC(NCC2CC2C)CC1. The second-order valence-corrected chi connectivity index (χ2v) is 6.24. The summed E-state index contributed by atoms with van der Waals surface area (Å²) in [4.78, 5) is 2.57. The summed E-state index contributed by atoms with van der Waals surface area (Å²) in [6.07, 6.45) is 6.46. The second-order valence-electron chi connectivity index (χ2n) is 6.24. The first-order valence-corrected chi connectivity index (χ1v) is 7.24. The zero-order valence-corrected chi connectivity index (χ0v) is 11.7. The van der Waals surface area contributed by atoms with Crippen LogP contribution in [0.5, 0.6) is 0 Å². The van der Waals surface area contributed by atoms with Gasteiger partial charge in [0.15, 0.2) is 0 Å². The lowest BCUT2D eigenvalue weighted by molar-refractivity contribution is 0.214. The van der Waals surface area contributed by atoms with E-state index < -0.39 is 0 Å². The van der Waals surface area contributed by atoms with Crippen LogP contribution in [0.3, 0.4) is 0 Å². The van der Waals surface area contributed by atoms with Gasteiger partial charge in [-0.1, -0.05) is 18.6 Å². The third-order valence-electron chi connectivity index (χ3n) is 4.29. The molecule has 1 N–H and O–H groups in total. The van der Waals surface area contributed by atoms with Gasteiger partial charge in [-0.3, -0.25) is 4.90 Å². The smallest absolute Gasteiger partial charge is 0.0165 e. The van der Waals surface area contributed by atoms with Crippen LogP contribution >= 0.6 is 0 Å². The van der Waals surface area contributed by atoms with E-state index >= 15 is 0 Å². The monoisotopic (exact) mass is 236 g/mol. The molecule has 0 radical (unpaired) electrons. The van der Waals surface area contributed by atoms with Crippen LogP contribution in [0.4, 0.5) is 0 Å². The number of nitrogens with one attached hydrogen (secondary N) is 1. The van der Waals surface area contributed by atoms with Crippen molar-refractivity contribution in [1.29, 1.82) is 0 Å². The van der Waals surface area contributed by atoms with Crippen molar-refractivity contribution >= 4 is 0 Å². The van der Waals surface area contributed by atoms with Crippen LogP contribution in [0.15, 0.2) is 11.6 Å². The quantitative estimate of drug-likeness (QED) is 0.738. The average Bonchev–Trinajstić information content (AvgIpc) is 3.01. The summed E-state index contributed by atoms with van der Waals surface area (Å²) >= 11 is 0. The summed E-state index contributed by atoms with van der Waals surface area (Å²) in [7, 11) is 0. The molecule has 0 aromatic rings. The highest BCUT2D eigenvalue weighted by Crippen LogP contribution is 2.36. The fourth-order valence-electron chi connectivity index (χ4n) is 2.63. The van der Waals surface area contributed by atoms with Crippen molar-refractivity contribution < 1.29 is 0 Å². The van der Waals surface area contributed by atoms with Gasteiger partial charge >= 0.3 is 0 Å². The van der Waals surface area contributed by atoms with E-state index in [2.05, 4.69) is 37.1 Å². The van der Waals surface area contributed by atoms with Crippen molar-refractivity contribution in [1.82, 2.24) is 10.2 Å². The van der Waals surface area contributed by atoms with E-state index in [4.69, 9.17) is 0 Å². The predicted molar refractivity (Wildman–Crippen MR) is 74.2 cm³/mol. The Morgan fingerprint density at radius 3 is 2.47 bits per heavy atom. The molecule has 2 fully saturated rings. The van der Waals surface area contributed by atoms with Crippen LogP contribution in [0.25, 0.3) is 0 Å². The summed E-state index contributed by atoms with van der Waals surface area (Å²) < 4.78 is 0. The first-order chi connectivity index (χ1) is 8.15. The molecule has 1 aliphatic heterocycles. The summed E-state index contributed by atoms with van der Waals surface area (Å²) in [5.74, 6) is 1.97. The summed E-state index contributed by atoms with van der Waals surface area (Å²) in [5, 5.41) is 3.76. The second kappa shape index (κ2) is 6.01. The number of allylic oxidation sites excluding steroid dienone is 1. The normalized spacial score (nSPS) is 30.3. The molecule has 2 unspecified atom stereocenters. The summed E-state index contributed by atoms with van der Waals surface area (Å²) in [5.41, 5.74) is 1.44. The molecule has 2 nitrogen and oxygen atoms in total. The maximum Gasteiger partial charge on any atom is 0.0165 e. The summed E-state index contributed by atoms with van der Waals surface area (Å²) in [6, 6.07) is 0.783.